The lowest BCUT2D eigenvalue weighted by molar-refractivity contribution is -0.138. The van der Waals surface area contributed by atoms with Crippen molar-refractivity contribution in [3.05, 3.63) is 23.3 Å². The lowest BCUT2D eigenvalue weighted by Crippen LogP contribution is -2.45. The average Bonchev–Trinajstić information content (AvgIpc) is 3.54. The Kier molecular flexibility index (Phi) is 4.33. The fourth-order valence-corrected chi connectivity index (χ4v) is 4.42. The lowest BCUT2D eigenvalue weighted by Gasteiger charge is -2.33. The molecule has 1 saturated heterocycles. The van der Waals surface area contributed by atoms with Gasteiger partial charge in [0, 0.05) is 31.1 Å². The van der Waals surface area contributed by atoms with Gasteiger partial charge in [-0.05, 0) is 44.4 Å². The maximum absolute atomic E-state index is 13.1. The van der Waals surface area contributed by atoms with E-state index < -0.39 is 23.7 Å². The first-order valence-corrected chi connectivity index (χ1v) is 10.3. The van der Waals surface area contributed by atoms with Crippen molar-refractivity contribution in [2.24, 2.45) is 5.41 Å². The highest BCUT2D eigenvalue weighted by Gasteiger charge is 2.50. The van der Waals surface area contributed by atoms with Gasteiger partial charge in [-0.25, -0.2) is 0 Å². The Hall–Kier alpha value is -2.59. The highest BCUT2D eigenvalue weighted by Crippen LogP contribution is 2.56. The van der Waals surface area contributed by atoms with Crippen molar-refractivity contribution in [3.8, 4) is 0 Å². The second kappa shape index (κ2) is 6.71. The molecule has 3 atom stereocenters. The van der Waals surface area contributed by atoms with Crippen molar-refractivity contribution in [3.63, 3.8) is 0 Å². The zero-order valence-electron chi connectivity index (χ0n) is 16.5. The van der Waals surface area contributed by atoms with Crippen LogP contribution in [0.15, 0.2) is 10.6 Å². The maximum atomic E-state index is 13.1. The van der Waals surface area contributed by atoms with E-state index >= 15 is 0 Å². The molecule has 1 aliphatic heterocycles. The molecule has 2 saturated carbocycles. The average molecular weight is 424 g/mol. The van der Waals surface area contributed by atoms with Gasteiger partial charge in [0.25, 0.3) is 0 Å². The molecule has 0 aromatic carbocycles. The van der Waals surface area contributed by atoms with Crippen LogP contribution in [0.5, 0.6) is 0 Å². The third-order valence-electron chi connectivity index (χ3n) is 6.68. The number of likely N-dealkylation sites (tertiary alicyclic amines) is 1. The van der Waals surface area contributed by atoms with E-state index in [9.17, 15) is 18.0 Å². The van der Waals surface area contributed by atoms with Crippen molar-refractivity contribution in [2.45, 2.75) is 63.1 Å². The number of hydrogen-bond acceptors (Lipinski definition) is 6. The minimum absolute atomic E-state index is 0.0131. The monoisotopic (exact) mass is 424 g/mol. The Morgan fingerprint density at radius 2 is 2.00 bits per heavy atom. The zero-order valence-corrected chi connectivity index (χ0v) is 16.5. The molecule has 8 nitrogen and oxygen atoms in total. The highest BCUT2D eigenvalue weighted by atomic mass is 19.4. The first kappa shape index (κ1) is 19.4. The van der Waals surface area contributed by atoms with Crippen molar-refractivity contribution >= 4 is 11.9 Å². The molecule has 0 radical (unpaired) electrons. The Morgan fingerprint density at radius 3 is 2.67 bits per heavy atom. The molecule has 30 heavy (non-hydrogen) atoms. The van der Waals surface area contributed by atoms with E-state index in [1.807, 2.05) is 4.90 Å². The van der Waals surface area contributed by atoms with Crippen LogP contribution in [0.4, 0.5) is 19.2 Å². The zero-order chi connectivity index (χ0) is 21.1. The third kappa shape index (κ3) is 3.54. The van der Waals surface area contributed by atoms with Crippen molar-refractivity contribution in [1.29, 1.82) is 0 Å². The molecule has 11 heteroatoms. The molecular weight excluding hydrogens is 401 g/mol. The van der Waals surface area contributed by atoms with Gasteiger partial charge >= 0.3 is 12.2 Å². The summed E-state index contributed by atoms with van der Waals surface area (Å²) in [5.41, 5.74) is -0.292. The van der Waals surface area contributed by atoms with Gasteiger partial charge in [-0.15, -0.1) is 5.10 Å². The lowest BCUT2D eigenvalue weighted by atomic mass is 9.93. The van der Waals surface area contributed by atoms with Crippen molar-refractivity contribution in [1.82, 2.24) is 25.3 Å². The van der Waals surface area contributed by atoms with E-state index in [1.165, 1.54) is 12.8 Å². The van der Waals surface area contributed by atoms with E-state index in [2.05, 4.69) is 25.7 Å². The largest absolute Gasteiger partial charge is 0.419 e. The minimum atomic E-state index is -4.46. The van der Waals surface area contributed by atoms with Gasteiger partial charge in [0.05, 0.1) is 11.3 Å². The Balaban J connectivity index is 1.18. The number of aromatic nitrogens is 4. The number of H-pyrrole nitrogens is 1. The van der Waals surface area contributed by atoms with Gasteiger partial charge in [-0.2, -0.15) is 18.3 Å². The Labute approximate surface area is 170 Å². The summed E-state index contributed by atoms with van der Waals surface area (Å²) in [5, 5.41) is 16.9. The summed E-state index contributed by atoms with van der Waals surface area (Å²) in [6, 6.07) is -0.421. The molecule has 5 rings (SSSR count). The van der Waals surface area contributed by atoms with E-state index in [-0.39, 0.29) is 29.4 Å². The smallest absolute Gasteiger partial charge is 0.408 e. The summed E-state index contributed by atoms with van der Waals surface area (Å²) in [5.74, 6) is -0.476. The number of aromatic amines is 1. The van der Waals surface area contributed by atoms with Crippen LogP contribution < -0.4 is 5.32 Å². The van der Waals surface area contributed by atoms with Crippen molar-refractivity contribution < 1.29 is 22.4 Å². The van der Waals surface area contributed by atoms with E-state index in [0.717, 1.165) is 32.1 Å². The minimum Gasteiger partial charge on any atom is -0.408 e. The van der Waals surface area contributed by atoms with Gasteiger partial charge in [0.2, 0.25) is 11.8 Å². The number of halogens is 3. The fraction of sp³-hybridized carbons (Fsp3) is 0.684. The SMILES string of the molecule is C[C@H](Nc1nnc([C@@H]2C[C@H]2c2n[nH]cc2C(F)(F)F)o1)C(=O)N1CCC2(CC1)CC2. The summed E-state index contributed by atoms with van der Waals surface area (Å²) in [6.45, 7) is 3.29. The summed E-state index contributed by atoms with van der Waals surface area (Å²) < 4.78 is 44.8. The quantitative estimate of drug-likeness (QED) is 0.764. The van der Waals surface area contributed by atoms with Crippen LogP contribution in [-0.2, 0) is 11.0 Å². The highest BCUT2D eigenvalue weighted by molar-refractivity contribution is 5.83. The van der Waals surface area contributed by atoms with Crippen LogP contribution in [-0.4, -0.2) is 50.3 Å². The number of hydrogen-bond donors (Lipinski definition) is 2. The number of alkyl halides is 3. The first-order chi connectivity index (χ1) is 14.3. The van der Waals surface area contributed by atoms with Gasteiger partial charge in [-0.1, -0.05) is 5.10 Å². The van der Waals surface area contributed by atoms with Crippen LogP contribution in [0.1, 0.15) is 68.0 Å². The number of anilines is 1. The van der Waals surface area contributed by atoms with Gasteiger partial charge in [-0.3, -0.25) is 9.89 Å². The molecule has 1 spiro atoms. The number of carbonyl (C=O) groups is 1. The Morgan fingerprint density at radius 1 is 1.27 bits per heavy atom. The second-order valence-electron chi connectivity index (χ2n) is 8.77. The topological polar surface area (TPSA) is 99.9 Å². The summed E-state index contributed by atoms with van der Waals surface area (Å²) in [6.07, 6.45) is 1.54. The second-order valence-corrected chi connectivity index (χ2v) is 8.77. The van der Waals surface area contributed by atoms with Crippen LogP contribution in [0.25, 0.3) is 0 Å². The molecule has 2 aromatic rings. The van der Waals surface area contributed by atoms with Gasteiger partial charge in [0.1, 0.15) is 6.04 Å². The van der Waals surface area contributed by atoms with Crippen LogP contribution in [0.3, 0.4) is 0 Å². The van der Waals surface area contributed by atoms with Crippen LogP contribution in [0.2, 0.25) is 0 Å². The maximum Gasteiger partial charge on any atom is 0.419 e. The molecule has 2 aliphatic carbocycles. The van der Waals surface area contributed by atoms with Crippen LogP contribution >= 0.6 is 0 Å². The van der Waals surface area contributed by atoms with E-state index in [4.69, 9.17) is 4.42 Å². The molecule has 0 bridgehead atoms. The Bertz CT molecular complexity index is 940. The van der Waals surface area contributed by atoms with Crippen molar-refractivity contribution in [2.75, 3.05) is 18.4 Å². The normalized spacial score (nSPS) is 25.9. The molecule has 3 fully saturated rings. The van der Waals surface area contributed by atoms with E-state index in [1.54, 1.807) is 6.92 Å². The van der Waals surface area contributed by atoms with E-state index in [0.29, 0.717) is 11.8 Å². The summed E-state index contributed by atoms with van der Waals surface area (Å²) >= 11 is 0. The summed E-state index contributed by atoms with van der Waals surface area (Å²) in [7, 11) is 0. The number of piperidine rings is 1. The van der Waals surface area contributed by atoms with Gasteiger partial charge < -0.3 is 14.6 Å². The molecular formula is C19H23F3N6O2. The first-order valence-electron chi connectivity index (χ1n) is 10.3. The molecule has 3 aliphatic rings. The number of nitrogens with zero attached hydrogens (tertiary/aromatic N) is 4. The number of amides is 1. The predicted molar refractivity (Wildman–Crippen MR) is 98.6 cm³/mol. The molecule has 162 valence electrons. The molecule has 2 N–H and O–H groups in total. The number of rotatable bonds is 5. The molecule has 3 heterocycles. The molecule has 0 unspecified atom stereocenters. The third-order valence-corrected chi connectivity index (χ3v) is 6.68. The number of carbonyl (C=O) groups excluding carboxylic acids is 1. The number of nitrogens with one attached hydrogen (secondary N) is 2. The van der Waals surface area contributed by atoms with Gasteiger partial charge in [0.15, 0.2) is 0 Å². The molecule has 1 amide bonds. The molecule has 2 aromatic heterocycles. The standard InChI is InChI=1S/C19H23F3N6O2/c1-10(16(29)28-6-4-18(2-3-18)5-7-28)24-17-27-26-15(30-17)12-8-11(12)14-13(9-23-25-14)19(20,21)22/h9-12H,2-8H2,1H3,(H,23,25)(H,24,27)/t10-,11+,12+/m0/s1. The predicted octanol–water partition coefficient (Wildman–Crippen LogP) is 3.29. The summed E-state index contributed by atoms with van der Waals surface area (Å²) in [4.78, 5) is 14.5. The van der Waals surface area contributed by atoms with Crippen LogP contribution in [0, 0.1) is 5.41 Å². The fourth-order valence-electron chi connectivity index (χ4n) is 4.42.